The van der Waals surface area contributed by atoms with Crippen molar-refractivity contribution in [3.05, 3.63) is 41.6 Å². The number of nitrogens with one attached hydrogen (secondary N) is 1. The molecule has 1 amide bonds. The SMILES string of the molecule is CCCCCCc1ccc(-c2[nH]ncc2CCC(N)=O)cc1. The number of aromatic amines is 1. The topological polar surface area (TPSA) is 71.8 Å². The van der Waals surface area contributed by atoms with Crippen molar-refractivity contribution in [3.8, 4) is 11.3 Å². The van der Waals surface area contributed by atoms with Crippen LogP contribution in [0.25, 0.3) is 11.3 Å². The second-order valence-electron chi connectivity index (χ2n) is 5.74. The molecule has 0 saturated carbocycles. The summed E-state index contributed by atoms with van der Waals surface area (Å²) in [7, 11) is 0. The van der Waals surface area contributed by atoms with Crippen molar-refractivity contribution in [2.45, 2.75) is 51.9 Å². The molecular weight excluding hydrogens is 274 g/mol. The van der Waals surface area contributed by atoms with Gasteiger partial charge in [0.1, 0.15) is 0 Å². The van der Waals surface area contributed by atoms with Crippen LogP contribution in [0.2, 0.25) is 0 Å². The standard InChI is InChI=1S/C18H25N3O/c1-2-3-4-5-6-14-7-9-15(10-8-14)18-16(13-20-21-18)11-12-17(19)22/h7-10,13H,2-6,11-12H2,1H3,(H2,19,22)(H,20,21). The molecular formula is C18H25N3O. The molecule has 0 bridgehead atoms. The van der Waals surface area contributed by atoms with E-state index in [2.05, 4.69) is 41.4 Å². The number of primary amides is 1. The Hall–Kier alpha value is -2.10. The first-order valence-corrected chi connectivity index (χ1v) is 8.10. The molecule has 2 rings (SSSR count). The highest BCUT2D eigenvalue weighted by Gasteiger charge is 2.08. The Bertz CT molecular complexity index is 587. The summed E-state index contributed by atoms with van der Waals surface area (Å²) in [6.07, 6.45) is 9.02. The monoisotopic (exact) mass is 299 g/mol. The summed E-state index contributed by atoms with van der Waals surface area (Å²) < 4.78 is 0. The van der Waals surface area contributed by atoms with E-state index < -0.39 is 0 Å². The lowest BCUT2D eigenvalue weighted by Gasteiger charge is -2.05. The number of hydrogen-bond acceptors (Lipinski definition) is 2. The maximum Gasteiger partial charge on any atom is 0.217 e. The molecule has 4 heteroatoms. The molecule has 0 radical (unpaired) electrons. The molecule has 0 spiro atoms. The average Bonchev–Trinajstić information content (AvgIpc) is 2.99. The van der Waals surface area contributed by atoms with E-state index in [1.807, 2.05) is 0 Å². The Kier molecular flexibility index (Phi) is 6.19. The van der Waals surface area contributed by atoms with Gasteiger partial charge in [-0.3, -0.25) is 9.89 Å². The molecule has 3 N–H and O–H groups in total. The zero-order valence-electron chi connectivity index (χ0n) is 13.3. The van der Waals surface area contributed by atoms with Gasteiger partial charge in [0.15, 0.2) is 0 Å². The second kappa shape index (κ2) is 8.37. The van der Waals surface area contributed by atoms with Crippen LogP contribution >= 0.6 is 0 Å². The number of aryl methyl sites for hydroxylation is 2. The van der Waals surface area contributed by atoms with E-state index in [4.69, 9.17) is 5.73 Å². The van der Waals surface area contributed by atoms with Crippen molar-refractivity contribution in [3.63, 3.8) is 0 Å². The minimum absolute atomic E-state index is 0.283. The first-order chi connectivity index (χ1) is 10.7. The summed E-state index contributed by atoms with van der Waals surface area (Å²) in [6, 6.07) is 8.60. The van der Waals surface area contributed by atoms with Gasteiger partial charge in [-0.05, 0) is 36.0 Å². The molecule has 2 aromatic rings. The van der Waals surface area contributed by atoms with Crippen LogP contribution < -0.4 is 5.73 Å². The van der Waals surface area contributed by atoms with Gasteiger partial charge in [-0.2, -0.15) is 5.10 Å². The Morgan fingerprint density at radius 1 is 1.14 bits per heavy atom. The van der Waals surface area contributed by atoms with E-state index in [9.17, 15) is 4.79 Å². The van der Waals surface area contributed by atoms with Crippen LogP contribution in [0.1, 0.15) is 50.2 Å². The zero-order valence-corrected chi connectivity index (χ0v) is 13.3. The normalized spacial score (nSPS) is 10.8. The van der Waals surface area contributed by atoms with Crippen LogP contribution in [-0.4, -0.2) is 16.1 Å². The van der Waals surface area contributed by atoms with Crippen LogP contribution in [0, 0.1) is 0 Å². The molecule has 0 aliphatic carbocycles. The Morgan fingerprint density at radius 2 is 1.91 bits per heavy atom. The number of carbonyl (C=O) groups excluding carboxylic acids is 1. The minimum Gasteiger partial charge on any atom is -0.370 e. The summed E-state index contributed by atoms with van der Waals surface area (Å²) in [4.78, 5) is 10.9. The molecule has 1 heterocycles. The Balaban J connectivity index is 1.98. The van der Waals surface area contributed by atoms with Crippen molar-refractivity contribution in [1.29, 1.82) is 0 Å². The fourth-order valence-corrected chi connectivity index (χ4v) is 2.60. The highest BCUT2D eigenvalue weighted by molar-refractivity contribution is 5.74. The predicted octanol–water partition coefficient (Wildman–Crippen LogP) is 3.62. The minimum atomic E-state index is -0.283. The molecule has 4 nitrogen and oxygen atoms in total. The van der Waals surface area contributed by atoms with Gasteiger partial charge in [0.25, 0.3) is 0 Å². The third kappa shape index (κ3) is 4.72. The number of amides is 1. The maximum absolute atomic E-state index is 10.9. The highest BCUT2D eigenvalue weighted by Crippen LogP contribution is 2.23. The lowest BCUT2D eigenvalue weighted by molar-refractivity contribution is -0.117. The van der Waals surface area contributed by atoms with Gasteiger partial charge in [0.05, 0.1) is 11.9 Å². The molecule has 0 aliphatic heterocycles. The van der Waals surface area contributed by atoms with Crippen LogP contribution in [-0.2, 0) is 17.6 Å². The summed E-state index contributed by atoms with van der Waals surface area (Å²) in [5.41, 5.74) is 9.72. The third-order valence-corrected chi connectivity index (χ3v) is 3.92. The molecule has 1 aromatic carbocycles. The van der Waals surface area contributed by atoms with Gasteiger partial charge >= 0.3 is 0 Å². The number of H-pyrrole nitrogens is 1. The van der Waals surface area contributed by atoms with Gasteiger partial charge in [-0.15, -0.1) is 0 Å². The predicted molar refractivity (Wildman–Crippen MR) is 89.4 cm³/mol. The van der Waals surface area contributed by atoms with Crippen LogP contribution in [0.3, 0.4) is 0 Å². The van der Waals surface area contributed by atoms with E-state index in [-0.39, 0.29) is 5.91 Å². The number of benzene rings is 1. The maximum atomic E-state index is 10.9. The van der Waals surface area contributed by atoms with Gasteiger partial charge in [-0.25, -0.2) is 0 Å². The smallest absolute Gasteiger partial charge is 0.217 e. The molecule has 22 heavy (non-hydrogen) atoms. The molecule has 0 unspecified atom stereocenters. The van der Waals surface area contributed by atoms with Gasteiger partial charge in [-0.1, -0.05) is 50.5 Å². The summed E-state index contributed by atoms with van der Waals surface area (Å²) >= 11 is 0. The average molecular weight is 299 g/mol. The lowest BCUT2D eigenvalue weighted by atomic mass is 10.0. The fraction of sp³-hybridized carbons (Fsp3) is 0.444. The number of aromatic nitrogens is 2. The van der Waals surface area contributed by atoms with Crippen molar-refractivity contribution >= 4 is 5.91 Å². The van der Waals surface area contributed by atoms with E-state index in [0.29, 0.717) is 12.8 Å². The van der Waals surface area contributed by atoms with Gasteiger partial charge in [0.2, 0.25) is 5.91 Å². The van der Waals surface area contributed by atoms with E-state index in [1.54, 1.807) is 6.20 Å². The lowest BCUT2D eigenvalue weighted by Crippen LogP contribution is -2.11. The Morgan fingerprint density at radius 3 is 2.59 bits per heavy atom. The van der Waals surface area contributed by atoms with E-state index in [1.165, 1.54) is 31.2 Å². The summed E-state index contributed by atoms with van der Waals surface area (Å²) in [5.74, 6) is -0.283. The van der Waals surface area contributed by atoms with E-state index >= 15 is 0 Å². The molecule has 118 valence electrons. The van der Waals surface area contributed by atoms with Crippen molar-refractivity contribution < 1.29 is 4.79 Å². The third-order valence-electron chi connectivity index (χ3n) is 3.92. The molecule has 0 fully saturated rings. The molecule has 0 saturated heterocycles. The largest absolute Gasteiger partial charge is 0.370 e. The Labute approximate surface area is 132 Å². The molecule has 1 aromatic heterocycles. The number of rotatable bonds is 9. The molecule has 0 atom stereocenters. The van der Waals surface area contributed by atoms with E-state index in [0.717, 1.165) is 23.2 Å². The quantitative estimate of drug-likeness (QED) is 0.694. The van der Waals surface area contributed by atoms with Crippen molar-refractivity contribution in [1.82, 2.24) is 10.2 Å². The van der Waals surface area contributed by atoms with Crippen molar-refractivity contribution in [2.75, 3.05) is 0 Å². The first-order valence-electron chi connectivity index (χ1n) is 8.10. The van der Waals surface area contributed by atoms with Crippen molar-refractivity contribution in [2.24, 2.45) is 5.73 Å². The van der Waals surface area contributed by atoms with Crippen LogP contribution in [0.5, 0.6) is 0 Å². The highest BCUT2D eigenvalue weighted by atomic mass is 16.1. The number of nitrogens with zero attached hydrogens (tertiary/aromatic N) is 1. The van der Waals surface area contributed by atoms with Crippen LogP contribution in [0.4, 0.5) is 0 Å². The number of nitrogens with two attached hydrogens (primary N) is 1. The van der Waals surface area contributed by atoms with Gasteiger partial charge in [0, 0.05) is 6.42 Å². The summed E-state index contributed by atoms with van der Waals surface area (Å²) in [6.45, 7) is 2.23. The summed E-state index contributed by atoms with van der Waals surface area (Å²) in [5, 5.41) is 7.11. The molecule has 0 aliphatic rings. The van der Waals surface area contributed by atoms with Gasteiger partial charge < -0.3 is 5.73 Å². The number of carbonyl (C=O) groups is 1. The van der Waals surface area contributed by atoms with Crippen LogP contribution in [0.15, 0.2) is 30.5 Å². The number of hydrogen-bond donors (Lipinski definition) is 2. The number of unbranched alkanes of at least 4 members (excludes halogenated alkanes) is 3. The zero-order chi connectivity index (χ0) is 15.8. The second-order valence-corrected chi connectivity index (χ2v) is 5.74. The first kappa shape index (κ1) is 16.3. The fourth-order valence-electron chi connectivity index (χ4n) is 2.60.